The highest BCUT2D eigenvalue weighted by Gasteiger charge is 2.51. The Balaban J connectivity index is 0.000000605. The molecular weight excluding hydrogens is 1000 g/mol. The van der Waals surface area contributed by atoms with Crippen LogP contribution >= 0.6 is 34.8 Å². The Bertz CT molecular complexity index is 1680. The molecule has 0 unspecified atom stereocenters. The van der Waals surface area contributed by atoms with Crippen LogP contribution in [0.25, 0.3) is 0 Å². The highest BCUT2D eigenvalue weighted by molar-refractivity contribution is 6.33. The van der Waals surface area contributed by atoms with Gasteiger partial charge in [-0.25, -0.2) is 0 Å². The van der Waals surface area contributed by atoms with Crippen LogP contribution in [-0.4, -0.2) is 122 Å². The average Bonchev–Trinajstić information content (AvgIpc) is 3.25. The van der Waals surface area contributed by atoms with Crippen molar-refractivity contribution in [1.82, 2.24) is 46.3 Å². The Kier molecular flexibility index (Phi) is 31.7. The molecule has 432 valence electrons. The van der Waals surface area contributed by atoms with E-state index in [0.29, 0.717) is 24.5 Å². The molecule has 0 amide bonds. The Morgan fingerprint density at radius 3 is 1.08 bits per heavy atom. The minimum atomic E-state index is -0.250. The zero-order chi connectivity index (χ0) is 56.6. The van der Waals surface area contributed by atoms with Crippen molar-refractivity contribution >= 4 is 52.7 Å². The van der Waals surface area contributed by atoms with Crippen LogP contribution in [0.15, 0.2) is 0 Å². The van der Waals surface area contributed by atoms with Crippen LogP contribution in [0, 0.1) is 10.8 Å². The molecule has 4 N–H and O–H groups in total. The Morgan fingerprint density at radius 1 is 0.486 bits per heavy atom. The van der Waals surface area contributed by atoms with Crippen molar-refractivity contribution in [3.05, 3.63) is 15.9 Å². The van der Waals surface area contributed by atoms with Crippen LogP contribution in [0.2, 0.25) is 15.9 Å². The SMILES string of the molecule is CCC(=O)OC1C(C)(C)CC(NCCCCCCNC2CC(C)(C)N(OC(C)=O)C(C)(C)C2)CC1(C)C.CCCCNC1CC(C)(C)N(OC(C)=O)C(C)(C)C1.CCCCNCCCC.Clc1nc(Cl)nc(Cl)n1. The molecule has 0 spiro atoms. The second-order valence-corrected chi connectivity index (χ2v) is 25.8. The molecule has 0 aromatic carbocycles. The standard InChI is InChI=1S/C30H57N3O4.C15H30N2O2.C8H19N.C3Cl3N3/c1-11-25(35)36-26-27(3,4)18-23(19-28(26,5)6)31-16-14-12-13-15-17-32-24-20-29(7,8)33(37-22(2)34)30(9,10)21-24;1-7-8-9-16-13-10-14(3,4)17(19-12(2)18)15(5,6)11-13;1-3-5-7-9-8-6-4-2;4-1-7-2(5)9-3(6)8-1/h23-24,26,31-32H,11-21H2,1-10H3;13,16H,7-11H2,1-6H3;9H,3-8H2,1-2H3;. The lowest BCUT2D eigenvalue weighted by molar-refractivity contribution is -0.267. The summed E-state index contributed by atoms with van der Waals surface area (Å²) in [6.07, 6.45) is 18.9. The first-order chi connectivity index (χ1) is 34.3. The van der Waals surface area contributed by atoms with Crippen molar-refractivity contribution in [3.63, 3.8) is 0 Å². The smallest absolute Gasteiger partial charge is 0.322 e. The van der Waals surface area contributed by atoms with Crippen molar-refractivity contribution in [2.45, 2.75) is 280 Å². The maximum atomic E-state index is 12.0. The van der Waals surface area contributed by atoms with E-state index < -0.39 is 0 Å². The van der Waals surface area contributed by atoms with Gasteiger partial charge in [0, 0.05) is 49.2 Å². The molecular formula is C56H106Cl3N9O6. The van der Waals surface area contributed by atoms with Crippen molar-refractivity contribution in [1.29, 1.82) is 0 Å². The number of hydrogen-bond acceptors (Lipinski definition) is 15. The van der Waals surface area contributed by atoms with Gasteiger partial charge >= 0.3 is 17.9 Å². The predicted molar refractivity (Wildman–Crippen MR) is 305 cm³/mol. The number of rotatable bonds is 23. The molecule has 2 saturated heterocycles. The van der Waals surface area contributed by atoms with Crippen LogP contribution in [0.3, 0.4) is 0 Å². The van der Waals surface area contributed by atoms with Gasteiger partial charge in [0.1, 0.15) is 6.10 Å². The molecule has 0 radical (unpaired) electrons. The third-order valence-electron chi connectivity index (χ3n) is 14.0. The molecule has 74 heavy (non-hydrogen) atoms. The third-order valence-corrected chi connectivity index (χ3v) is 14.5. The fourth-order valence-electron chi connectivity index (χ4n) is 11.6. The van der Waals surface area contributed by atoms with Gasteiger partial charge in [-0.3, -0.25) is 14.4 Å². The number of unbranched alkanes of at least 4 members (excludes halogenated alkanes) is 6. The van der Waals surface area contributed by atoms with Gasteiger partial charge in [-0.1, -0.05) is 87.5 Å². The molecule has 3 heterocycles. The molecule has 4 rings (SSSR count). The first-order valence-electron chi connectivity index (χ1n) is 28.1. The zero-order valence-electron chi connectivity index (χ0n) is 49.7. The summed E-state index contributed by atoms with van der Waals surface area (Å²) in [4.78, 5) is 56.3. The topological polar surface area (TPSA) is 172 Å². The van der Waals surface area contributed by atoms with E-state index in [0.717, 1.165) is 58.2 Å². The highest BCUT2D eigenvalue weighted by Crippen LogP contribution is 2.48. The number of esters is 1. The first kappa shape index (κ1) is 70.1. The number of nitrogens with zero attached hydrogens (tertiary/aromatic N) is 5. The van der Waals surface area contributed by atoms with Gasteiger partial charge in [-0.15, -0.1) is 10.1 Å². The van der Waals surface area contributed by atoms with Gasteiger partial charge < -0.3 is 35.7 Å². The van der Waals surface area contributed by atoms with Crippen molar-refractivity contribution in [3.8, 4) is 0 Å². The van der Waals surface area contributed by atoms with E-state index in [4.69, 9.17) is 49.2 Å². The van der Waals surface area contributed by atoms with Crippen molar-refractivity contribution in [2.24, 2.45) is 10.8 Å². The summed E-state index contributed by atoms with van der Waals surface area (Å²) in [7, 11) is 0. The summed E-state index contributed by atoms with van der Waals surface area (Å²) in [5.74, 6) is -0.579. The predicted octanol–water partition coefficient (Wildman–Crippen LogP) is 12.6. The van der Waals surface area contributed by atoms with Crippen LogP contribution < -0.4 is 21.3 Å². The number of hydroxylamine groups is 4. The van der Waals surface area contributed by atoms with Gasteiger partial charge in [-0.05, 0) is 194 Å². The molecule has 0 bridgehead atoms. The molecule has 1 aromatic heterocycles. The van der Waals surface area contributed by atoms with Gasteiger partial charge in [0.15, 0.2) is 0 Å². The number of halogens is 3. The largest absolute Gasteiger partial charge is 0.461 e. The van der Waals surface area contributed by atoms with E-state index in [-0.39, 0.29) is 72.8 Å². The van der Waals surface area contributed by atoms with E-state index >= 15 is 0 Å². The van der Waals surface area contributed by atoms with Crippen LogP contribution in [0.4, 0.5) is 0 Å². The summed E-state index contributed by atoms with van der Waals surface area (Å²) in [6.45, 7) is 43.2. The number of nitrogens with one attached hydrogen (secondary N) is 4. The Hall–Kier alpha value is -1.95. The molecule has 1 saturated carbocycles. The molecule has 1 aromatic rings. The minimum absolute atomic E-state index is 0.000000000000000444. The lowest BCUT2D eigenvalue weighted by atomic mass is 9.61. The quantitative estimate of drug-likeness (QED) is 0.0602. The lowest BCUT2D eigenvalue weighted by Crippen LogP contribution is -2.64. The summed E-state index contributed by atoms with van der Waals surface area (Å²) < 4.78 is 5.89. The lowest BCUT2D eigenvalue weighted by Gasteiger charge is -2.53. The highest BCUT2D eigenvalue weighted by atomic mass is 35.5. The van der Waals surface area contributed by atoms with E-state index in [1.165, 1.54) is 91.1 Å². The molecule has 0 atom stereocenters. The fraction of sp³-hybridized carbons (Fsp3) is 0.893. The van der Waals surface area contributed by atoms with Crippen LogP contribution in [-0.2, 0) is 28.8 Å². The van der Waals surface area contributed by atoms with Crippen LogP contribution in [0.5, 0.6) is 0 Å². The summed E-state index contributed by atoms with van der Waals surface area (Å²) in [5, 5.41) is 18.4. The van der Waals surface area contributed by atoms with E-state index in [2.05, 4.69) is 140 Å². The van der Waals surface area contributed by atoms with E-state index in [1.54, 1.807) is 0 Å². The number of carbonyl (C=O) groups is 3. The average molecular weight is 1110 g/mol. The number of carbonyl (C=O) groups excluding carboxylic acids is 3. The first-order valence-corrected chi connectivity index (χ1v) is 29.2. The van der Waals surface area contributed by atoms with Gasteiger partial charge in [-0.2, -0.15) is 15.0 Å². The minimum Gasteiger partial charge on any atom is -0.461 e. The summed E-state index contributed by atoms with van der Waals surface area (Å²) >= 11 is 16.0. The van der Waals surface area contributed by atoms with E-state index in [1.807, 2.05) is 17.1 Å². The molecule has 1 aliphatic carbocycles. The third kappa shape index (κ3) is 26.6. The normalized spacial score (nSPS) is 21.9. The van der Waals surface area contributed by atoms with Crippen molar-refractivity contribution < 1.29 is 28.8 Å². The van der Waals surface area contributed by atoms with Crippen LogP contribution in [0.1, 0.15) is 234 Å². The van der Waals surface area contributed by atoms with Gasteiger partial charge in [0.2, 0.25) is 15.9 Å². The number of aromatic nitrogens is 3. The monoisotopic (exact) mass is 1110 g/mol. The molecule has 15 nitrogen and oxygen atoms in total. The second kappa shape index (κ2) is 33.5. The number of piperidine rings is 2. The van der Waals surface area contributed by atoms with Gasteiger partial charge in [0.05, 0.1) is 22.2 Å². The number of hydrogen-bond donors (Lipinski definition) is 4. The molecule has 18 heteroatoms. The Labute approximate surface area is 465 Å². The molecule has 3 aliphatic rings. The molecule has 2 aliphatic heterocycles. The Morgan fingerprint density at radius 2 is 0.784 bits per heavy atom. The zero-order valence-corrected chi connectivity index (χ0v) is 52.0. The maximum Gasteiger partial charge on any atom is 0.322 e. The van der Waals surface area contributed by atoms with E-state index in [9.17, 15) is 14.4 Å². The fourth-order valence-corrected chi connectivity index (χ4v) is 12.2. The summed E-state index contributed by atoms with van der Waals surface area (Å²) in [5.41, 5.74) is -0.747. The maximum absolute atomic E-state index is 12.0. The van der Waals surface area contributed by atoms with Gasteiger partial charge in [0.25, 0.3) is 0 Å². The summed E-state index contributed by atoms with van der Waals surface area (Å²) in [6, 6.07) is 1.38. The van der Waals surface area contributed by atoms with Crippen molar-refractivity contribution in [2.75, 3.05) is 32.7 Å². The second-order valence-electron chi connectivity index (χ2n) is 24.8. The number of ether oxygens (including phenoxy) is 1. The molecule has 3 fully saturated rings.